The molecule has 2 N–H and O–H groups in total. The van der Waals surface area contributed by atoms with Gasteiger partial charge in [-0.3, -0.25) is 4.79 Å². The molecule has 0 fully saturated rings. The topological polar surface area (TPSA) is 90.3 Å². The Labute approximate surface area is 249 Å². The third-order valence-corrected chi connectivity index (χ3v) is 7.74. The molecule has 1 aliphatic heterocycles. The number of allylic oxidation sites excluding steroid dienone is 1. The number of ether oxygens (including phenoxy) is 2. The molecule has 41 heavy (non-hydrogen) atoms. The van der Waals surface area contributed by atoms with Crippen LogP contribution in [-0.2, 0) is 11.4 Å². The maximum absolute atomic E-state index is 14.0. The molecule has 0 aliphatic carbocycles. The van der Waals surface area contributed by atoms with Gasteiger partial charge < -0.3 is 20.1 Å². The quantitative estimate of drug-likeness (QED) is 0.177. The smallest absolute Gasteiger partial charge is 0.255 e. The number of carbonyl (C=O) groups excluding carboxylic acids is 1. The van der Waals surface area contributed by atoms with Gasteiger partial charge >= 0.3 is 0 Å². The zero-order valence-electron chi connectivity index (χ0n) is 23.2. The Morgan fingerprint density at radius 3 is 2.66 bits per heavy atom. The van der Waals surface area contributed by atoms with Gasteiger partial charge in [0.2, 0.25) is 11.1 Å². The van der Waals surface area contributed by atoms with Crippen LogP contribution in [-0.4, -0.2) is 33.0 Å². The average molecular weight is 590 g/mol. The molecular weight excluding hydrogens is 558 g/mol. The van der Waals surface area contributed by atoms with Crippen LogP contribution in [0.5, 0.6) is 11.5 Å². The lowest BCUT2D eigenvalue weighted by atomic mass is 9.94. The highest BCUT2D eigenvalue weighted by Gasteiger charge is 2.35. The number of benzene rings is 3. The van der Waals surface area contributed by atoms with E-state index in [0.717, 1.165) is 23.3 Å². The number of aromatic nitrogens is 3. The molecule has 2 heterocycles. The lowest BCUT2D eigenvalue weighted by Crippen LogP contribution is -2.31. The molecule has 0 radical (unpaired) electrons. The average Bonchev–Trinajstić information content (AvgIpc) is 3.38. The maximum atomic E-state index is 14.0. The summed E-state index contributed by atoms with van der Waals surface area (Å²) in [7, 11) is 0. The number of rotatable bonds is 11. The van der Waals surface area contributed by atoms with Gasteiger partial charge in [0, 0.05) is 16.5 Å². The van der Waals surface area contributed by atoms with Gasteiger partial charge in [0.15, 0.2) is 0 Å². The number of amides is 1. The molecular formula is C31H32ClN5O3S. The van der Waals surface area contributed by atoms with E-state index in [1.807, 2.05) is 86.6 Å². The third kappa shape index (κ3) is 6.69. The van der Waals surface area contributed by atoms with Crippen molar-refractivity contribution in [2.75, 3.05) is 23.0 Å². The normalized spacial score (nSPS) is 14.3. The van der Waals surface area contributed by atoms with Crippen LogP contribution >= 0.6 is 23.4 Å². The Kier molecular flexibility index (Phi) is 9.16. The number of fused-ring (bicyclic) bond motifs is 1. The number of hydrogen-bond acceptors (Lipinski definition) is 7. The fourth-order valence-corrected chi connectivity index (χ4v) is 5.36. The first kappa shape index (κ1) is 28.6. The summed E-state index contributed by atoms with van der Waals surface area (Å²) >= 11 is 7.62. The van der Waals surface area contributed by atoms with E-state index in [0.29, 0.717) is 57.8 Å². The Hall–Kier alpha value is -3.95. The van der Waals surface area contributed by atoms with Gasteiger partial charge in [0.05, 0.1) is 17.9 Å². The SMILES string of the molecule is CCCSc1nc2n(n1)C(c1cccc(OCc3ccc(Cl)cc3)c1)C(C(=O)Nc1ccccc1OCC)=C(C)N2. The molecule has 0 saturated carbocycles. The summed E-state index contributed by atoms with van der Waals surface area (Å²) in [5.41, 5.74) is 3.67. The summed E-state index contributed by atoms with van der Waals surface area (Å²) in [6.07, 6.45) is 1.00. The second kappa shape index (κ2) is 13.1. The molecule has 0 spiro atoms. The molecule has 5 rings (SSSR count). The second-order valence-electron chi connectivity index (χ2n) is 9.45. The first-order valence-corrected chi connectivity index (χ1v) is 14.9. The number of anilines is 2. The van der Waals surface area contributed by atoms with E-state index in [1.165, 1.54) is 0 Å². The van der Waals surface area contributed by atoms with Crippen molar-refractivity contribution >= 4 is 40.9 Å². The van der Waals surface area contributed by atoms with Crippen molar-refractivity contribution in [3.63, 3.8) is 0 Å². The largest absolute Gasteiger partial charge is 0.492 e. The molecule has 8 nitrogen and oxygen atoms in total. The van der Waals surface area contributed by atoms with Crippen LogP contribution < -0.4 is 20.1 Å². The molecule has 212 valence electrons. The fraction of sp³-hybridized carbons (Fsp3) is 0.258. The van der Waals surface area contributed by atoms with Gasteiger partial charge in [-0.05, 0) is 67.8 Å². The molecule has 3 aromatic carbocycles. The standard InChI is InChI=1S/C31H32ClN5O3S/c1-4-17-41-31-35-30-33-20(3)27(29(38)34-25-11-6-7-12-26(25)39-5-2)28(37(30)36-31)22-9-8-10-24(18-22)40-19-21-13-15-23(32)16-14-21/h6-16,18,28H,4-5,17,19H2,1-3H3,(H,34,38)(H,33,35,36). The highest BCUT2D eigenvalue weighted by atomic mass is 35.5. The highest BCUT2D eigenvalue weighted by Crippen LogP contribution is 2.38. The monoisotopic (exact) mass is 589 g/mol. The predicted octanol–water partition coefficient (Wildman–Crippen LogP) is 7.34. The van der Waals surface area contributed by atoms with Gasteiger partial charge in [-0.2, -0.15) is 4.98 Å². The Balaban J connectivity index is 1.49. The van der Waals surface area contributed by atoms with Crippen molar-refractivity contribution in [3.8, 4) is 11.5 Å². The Bertz CT molecular complexity index is 1550. The fourth-order valence-electron chi connectivity index (χ4n) is 4.55. The van der Waals surface area contributed by atoms with Crippen LogP contribution in [0.25, 0.3) is 0 Å². The van der Waals surface area contributed by atoms with E-state index in [4.69, 9.17) is 31.2 Å². The summed E-state index contributed by atoms with van der Waals surface area (Å²) < 4.78 is 13.7. The molecule has 1 unspecified atom stereocenters. The number of halogens is 1. The van der Waals surface area contributed by atoms with Crippen LogP contribution in [0.4, 0.5) is 11.6 Å². The second-order valence-corrected chi connectivity index (χ2v) is 10.9. The number of para-hydroxylation sites is 2. The van der Waals surface area contributed by atoms with Crippen LogP contribution in [0.1, 0.15) is 44.4 Å². The number of nitrogens with zero attached hydrogens (tertiary/aromatic N) is 3. The third-order valence-electron chi connectivity index (χ3n) is 6.44. The van der Waals surface area contributed by atoms with Crippen LogP contribution in [0, 0.1) is 0 Å². The Morgan fingerprint density at radius 1 is 1.07 bits per heavy atom. The van der Waals surface area contributed by atoms with Crippen molar-refractivity contribution < 1.29 is 14.3 Å². The summed E-state index contributed by atoms with van der Waals surface area (Å²) in [6, 6.07) is 22.2. The molecule has 0 bridgehead atoms. The number of hydrogen-bond donors (Lipinski definition) is 2. The summed E-state index contributed by atoms with van der Waals surface area (Å²) in [6.45, 7) is 6.79. The molecule has 10 heteroatoms. The summed E-state index contributed by atoms with van der Waals surface area (Å²) in [5, 5.41) is 12.5. The van der Waals surface area contributed by atoms with Crippen LogP contribution in [0.15, 0.2) is 89.2 Å². The van der Waals surface area contributed by atoms with E-state index in [1.54, 1.807) is 16.4 Å². The maximum Gasteiger partial charge on any atom is 0.255 e. The molecule has 1 atom stereocenters. The molecule has 1 aliphatic rings. The zero-order chi connectivity index (χ0) is 28.8. The molecule has 0 saturated heterocycles. The molecule has 1 amide bonds. The van der Waals surface area contributed by atoms with Crippen molar-refractivity contribution in [3.05, 3.63) is 100 Å². The lowest BCUT2D eigenvalue weighted by molar-refractivity contribution is -0.113. The number of carbonyl (C=O) groups is 1. The van der Waals surface area contributed by atoms with Crippen LogP contribution in [0.3, 0.4) is 0 Å². The van der Waals surface area contributed by atoms with E-state index in [-0.39, 0.29) is 5.91 Å². The van der Waals surface area contributed by atoms with Gasteiger partial charge in [-0.15, -0.1) is 5.10 Å². The zero-order valence-corrected chi connectivity index (χ0v) is 24.8. The minimum atomic E-state index is -0.534. The summed E-state index contributed by atoms with van der Waals surface area (Å²) in [4.78, 5) is 18.7. The van der Waals surface area contributed by atoms with Crippen LogP contribution in [0.2, 0.25) is 5.02 Å². The summed E-state index contributed by atoms with van der Waals surface area (Å²) in [5.74, 6) is 2.51. The predicted molar refractivity (Wildman–Crippen MR) is 164 cm³/mol. The van der Waals surface area contributed by atoms with Crippen molar-refractivity contribution in [2.45, 2.75) is 45.0 Å². The van der Waals surface area contributed by atoms with Gasteiger partial charge in [0.25, 0.3) is 5.91 Å². The van der Waals surface area contributed by atoms with E-state index < -0.39 is 6.04 Å². The highest BCUT2D eigenvalue weighted by molar-refractivity contribution is 7.99. The Morgan fingerprint density at radius 2 is 1.88 bits per heavy atom. The van der Waals surface area contributed by atoms with Crippen molar-refractivity contribution in [2.24, 2.45) is 0 Å². The first-order valence-electron chi connectivity index (χ1n) is 13.5. The minimum absolute atomic E-state index is 0.261. The molecule has 4 aromatic rings. The van der Waals surface area contributed by atoms with E-state index >= 15 is 0 Å². The van der Waals surface area contributed by atoms with E-state index in [2.05, 4.69) is 17.6 Å². The minimum Gasteiger partial charge on any atom is -0.492 e. The van der Waals surface area contributed by atoms with Gasteiger partial charge in [0.1, 0.15) is 24.1 Å². The number of thioether (sulfide) groups is 1. The van der Waals surface area contributed by atoms with Crippen molar-refractivity contribution in [1.82, 2.24) is 14.8 Å². The van der Waals surface area contributed by atoms with Gasteiger partial charge in [-0.25, -0.2) is 4.68 Å². The molecule has 1 aromatic heterocycles. The lowest BCUT2D eigenvalue weighted by Gasteiger charge is -2.29. The van der Waals surface area contributed by atoms with Crippen molar-refractivity contribution in [1.29, 1.82) is 0 Å². The van der Waals surface area contributed by atoms with E-state index in [9.17, 15) is 4.79 Å². The number of nitrogens with one attached hydrogen (secondary N) is 2. The first-order chi connectivity index (χ1) is 20.0. The van der Waals surface area contributed by atoms with Gasteiger partial charge in [-0.1, -0.05) is 66.7 Å².